The van der Waals surface area contributed by atoms with E-state index in [4.69, 9.17) is 21.1 Å². The van der Waals surface area contributed by atoms with Crippen LogP contribution in [0.3, 0.4) is 0 Å². The van der Waals surface area contributed by atoms with Crippen molar-refractivity contribution in [2.24, 2.45) is 0 Å². The van der Waals surface area contributed by atoms with Gasteiger partial charge in [0.05, 0.1) is 12.2 Å². The largest absolute Gasteiger partial charge is 0.481 e. The topological polar surface area (TPSA) is 52.6 Å². The first-order chi connectivity index (χ1) is 11.0. The van der Waals surface area contributed by atoms with Crippen molar-refractivity contribution in [2.75, 3.05) is 13.2 Å². The first-order valence-electron chi connectivity index (χ1n) is 6.89. The predicted octanol–water partition coefficient (Wildman–Crippen LogP) is 4.28. The molecule has 0 bridgehead atoms. The Kier molecular flexibility index (Phi) is 6.19. The summed E-state index contributed by atoms with van der Waals surface area (Å²) < 4.78 is 11.1. The van der Waals surface area contributed by atoms with Gasteiger partial charge in [0.25, 0.3) is 0 Å². The minimum atomic E-state index is -0.496. The molecule has 23 heavy (non-hydrogen) atoms. The van der Waals surface area contributed by atoms with Gasteiger partial charge in [0.1, 0.15) is 5.75 Å². The average molecular weight is 398 g/mol. The van der Waals surface area contributed by atoms with Gasteiger partial charge < -0.3 is 9.47 Å². The fourth-order valence-corrected chi connectivity index (χ4v) is 2.34. The van der Waals surface area contributed by atoms with Crippen LogP contribution in [0.15, 0.2) is 46.9 Å². The van der Waals surface area contributed by atoms with Crippen LogP contribution < -0.4 is 4.74 Å². The smallest absolute Gasteiger partial charge is 0.344 e. The van der Waals surface area contributed by atoms with Crippen LogP contribution in [0.2, 0.25) is 5.02 Å². The summed E-state index contributed by atoms with van der Waals surface area (Å²) in [5.74, 6) is -0.446. The molecule has 2 aromatic carbocycles. The Bertz CT molecular complexity index is 713. The van der Waals surface area contributed by atoms with Gasteiger partial charge >= 0.3 is 5.97 Å². The summed E-state index contributed by atoms with van der Waals surface area (Å²) in [6.07, 6.45) is 0. The van der Waals surface area contributed by atoms with E-state index >= 15 is 0 Å². The number of ketones is 1. The lowest BCUT2D eigenvalue weighted by Gasteiger charge is -2.11. The van der Waals surface area contributed by atoms with Gasteiger partial charge in [0.2, 0.25) is 0 Å². The van der Waals surface area contributed by atoms with Gasteiger partial charge in [-0.2, -0.15) is 0 Å². The number of hydrogen-bond donors (Lipinski definition) is 0. The third-order valence-electron chi connectivity index (χ3n) is 2.94. The highest BCUT2D eigenvalue weighted by Gasteiger charge is 2.16. The maximum absolute atomic E-state index is 12.6. The number of halogens is 2. The molecule has 0 aliphatic rings. The minimum absolute atomic E-state index is 0.237. The van der Waals surface area contributed by atoms with Crippen molar-refractivity contribution < 1.29 is 19.1 Å². The van der Waals surface area contributed by atoms with Gasteiger partial charge in [-0.1, -0.05) is 27.5 Å². The summed E-state index contributed by atoms with van der Waals surface area (Å²) in [5.41, 5.74) is 0.792. The second kappa shape index (κ2) is 8.13. The Morgan fingerprint density at radius 3 is 2.48 bits per heavy atom. The zero-order chi connectivity index (χ0) is 16.8. The molecule has 6 heteroatoms. The molecule has 0 heterocycles. The molecule has 0 aliphatic heterocycles. The zero-order valence-electron chi connectivity index (χ0n) is 12.3. The van der Waals surface area contributed by atoms with E-state index in [2.05, 4.69) is 15.9 Å². The maximum Gasteiger partial charge on any atom is 0.344 e. The summed E-state index contributed by atoms with van der Waals surface area (Å²) in [4.78, 5) is 24.0. The van der Waals surface area contributed by atoms with E-state index in [1.54, 1.807) is 43.3 Å². The number of rotatable bonds is 6. The van der Waals surface area contributed by atoms with E-state index in [0.29, 0.717) is 16.1 Å². The molecule has 0 aliphatic carbocycles. The third-order valence-corrected chi connectivity index (χ3v) is 3.71. The number of esters is 1. The van der Waals surface area contributed by atoms with Gasteiger partial charge in [-0.15, -0.1) is 0 Å². The van der Waals surface area contributed by atoms with Gasteiger partial charge in [0.15, 0.2) is 12.4 Å². The van der Waals surface area contributed by atoms with Crippen molar-refractivity contribution in [3.05, 3.63) is 63.1 Å². The minimum Gasteiger partial charge on any atom is -0.481 e. The highest BCUT2D eigenvalue weighted by Crippen LogP contribution is 2.26. The van der Waals surface area contributed by atoms with Crippen molar-refractivity contribution in [1.82, 2.24) is 0 Å². The monoisotopic (exact) mass is 396 g/mol. The quantitative estimate of drug-likeness (QED) is 0.539. The van der Waals surface area contributed by atoms with Gasteiger partial charge in [-0.05, 0) is 49.4 Å². The second-order valence-electron chi connectivity index (χ2n) is 4.57. The van der Waals surface area contributed by atoms with Crippen LogP contribution in [0, 0.1) is 0 Å². The molecule has 2 aromatic rings. The van der Waals surface area contributed by atoms with Crippen molar-refractivity contribution in [3.63, 3.8) is 0 Å². The Labute approximate surface area is 147 Å². The highest BCUT2D eigenvalue weighted by atomic mass is 79.9. The molecule has 0 amide bonds. The third kappa shape index (κ3) is 4.81. The summed E-state index contributed by atoms with van der Waals surface area (Å²) in [6.45, 7) is 1.71. The maximum atomic E-state index is 12.6. The second-order valence-corrected chi connectivity index (χ2v) is 5.92. The normalized spacial score (nSPS) is 10.2. The fraction of sp³-hybridized carbons (Fsp3) is 0.176. The molecule has 0 saturated carbocycles. The van der Waals surface area contributed by atoms with Crippen molar-refractivity contribution in [3.8, 4) is 5.75 Å². The van der Waals surface area contributed by atoms with Crippen molar-refractivity contribution in [1.29, 1.82) is 0 Å². The van der Waals surface area contributed by atoms with Crippen molar-refractivity contribution >= 4 is 39.3 Å². The lowest BCUT2D eigenvalue weighted by atomic mass is 10.0. The number of benzene rings is 2. The van der Waals surface area contributed by atoms with E-state index in [1.807, 2.05) is 0 Å². The average Bonchev–Trinajstić information content (AvgIpc) is 2.54. The van der Waals surface area contributed by atoms with Gasteiger partial charge in [-0.3, -0.25) is 4.79 Å². The van der Waals surface area contributed by atoms with E-state index in [0.717, 1.165) is 4.47 Å². The van der Waals surface area contributed by atoms with Crippen LogP contribution in [0.1, 0.15) is 22.8 Å². The molecule has 0 N–H and O–H groups in total. The van der Waals surface area contributed by atoms with E-state index in [1.165, 1.54) is 6.07 Å². The summed E-state index contributed by atoms with van der Waals surface area (Å²) >= 11 is 9.30. The summed E-state index contributed by atoms with van der Waals surface area (Å²) in [6, 6.07) is 11.6. The number of ether oxygens (including phenoxy) is 2. The van der Waals surface area contributed by atoms with Crippen LogP contribution in [0.25, 0.3) is 0 Å². The number of hydrogen-bond acceptors (Lipinski definition) is 4. The van der Waals surface area contributed by atoms with Gasteiger partial charge in [0, 0.05) is 15.1 Å². The molecule has 0 spiro atoms. The van der Waals surface area contributed by atoms with Crippen LogP contribution in [-0.2, 0) is 9.53 Å². The van der Waals surface area contributed by atoms with Gasteiger partial charge in [-0.25, -0.2) is 4.79 Å². The van der Waals surface area contributed by atoms with Crippen LogP contribution in [0.5, 0.6) is 5.75 Å². The number of carbonyl (C=O) groups is 2. The molecule has 0 fully saturated rings. The molecule has 0 saturated heterocycles. The first-order valence-corrected chi connectivity index (χ1v) is 8.06. The van der Waals surface area contributed by atoms with E-state index in [9.17, 15) is 9.59 Å². The molecule has 0 aromatic heterocycles. The number of carbonyl (C=O) groups excluding carboxylic acids is 2. The Morgan fingerprint density at radius 2 is 1.83 bits per heavy atom. The summed E-state index contributed by atoms with van der Waals surface area (Å²) in [5, 5.41) is 0.411. The molecular weight excluding hydrogens is 384 g/mol. The molecule has 2 rings (SSSR count). The molecular formula is C17H14BrClO4. The molecule has 0 unspecified atom stereocenters. The Morgan fingerprint density at radius 1 is 1.13 bits per heavy atom. The molecule has 120 valence electrons. The standard InChI is InChI=1S/C17H14BrClO4/c1-2-22-16(20)10-23-15-8-7-13(19)9-14(15)17(21)11-3-5-12(18)6-4-11/h3-9H,2,10H2,1H3. The Balaban J connectivity index is 2.26. The Hall–Kier alpha value is -1.85. The van der Waals surface area contributed by atoms with E-state index in [-0.39, 0.29) is 24.7 Å². The highest BCUT2D eigenvalue weighted by molar-refractivity contribution is 9.10. The molecule has 0 radical (unpaired) electrons. The van der Waals surface area contributed by atoms with E-state index < -0.39 is 5.97 Å². The molecule has 4 nitrogen and oxygen atoms in total. The van der Waals surface area contributed by atoms with Crippen LogP contribution >= 0.6 is 27.5 Å². The van der Waals surface area contributed by atoms with Crippen LogP contribution in [0.4, 0.5) is 0 Å². The zero-order valence-corrected chi connectivity index (χ0v) is 14.7. The lowest BCUT2D eigenvalue weighted by Crippen LogP contribution is -2.16. The summed E-state index contributed by atoms with van der Waals surface area (Å²) in [7, 11) is 0. The van der Waals surface area contributed by atoms with Crippen molar-refractivity contribution in [2.45, 2.75) is 6.92 Å². The molecule has 0 atom stereocenters. The first kappa shape index (κ1) is 17.5. The fourth-order valence-electron chi connectivity index (χ4n) is 1.90. The van der Waals surface area contributed by atoms with Crippen LogP contribution in [-0.4, -0.2) is 25.0 Å². The predicted molar refractivity (Wildman–Crippen MR) is 91.2 cm³/mol. The lowest BCUT2D eigenvalue weighted by molar-refractivity contribution is -0.145. The SMILES string of the molecule is CCOC(=O)COc1ccc(Cl)cc1C(=O)c1ccc(Br)cc1.